The van der Waals surface area contributed by atoms with Crippen LogP contribution >= 0.6 is 11.3 Å². The summed E-state index contributed by atoms with van der Waals surface area (Å²) in [6.07, 6.45) is 3.25. The zero-order valence-electron chi connectivity index (χ0n) is 9.75. The van der Waals surface area contributed by atoms with E-state index < -0.39 is 5.91 Å². The molecule has 0 bridgehead atoms. The molecule has 1 aromatic heterocycles. The van der Waals surface area contributed by atoms with E-state index in [1.165, 1.54) is 11.3 Å². The number of nitrogens with one attached hydrogen (secondary N) is 1. The molecule has 17 heavy (non-hydrogen) atoms. The summed E-state index contributed by atoms with van der Waals surface area (Å²) in [7, 11) is 0. The highest BCUT2D eigenvalue weighted by Crippen LogP contribution is 2.34. The van der Waals surface area contributed by atoms with Gasteiger partial charge in [0.2, 0.25) is 0 Å². The number of carbonyl (C=O) groups is 1. The van der Waals surface area contributed by atoms with E-state index >= 15 is 0 Å². The molecule has 0 saturated heterocycles. The lowest BCUT2D eigenvalue weighted by molar-refractivity contribution is 0.100. The predicted octanol–water partition coefficient (Wildman–Crippen LogP) is 1.90. The minimum atomic E-state index is -0.599. The predicted molar refractivity (Wildman–Crippen MR) is 70.0 cm³/mol. The molecule has 0 saturated carbocycles. The van der Waals surface area contributed by atoms with E-state index in [0.717, 1.165) is 25.8 Å². The number of nitrogen functional groups attached to an aromatic ring is 1. The van der Waals surface area contributed by atoms with E-state index in [-0.39, 0.29) is 11.3 Å². The van der Waals surface area contributed by atoms with Crippen LogP contribution in [0.4, 0.5) is 10.7 Å². The molecule has 0 unspecified atom stereocenters. The van der Waals surface area contributed by atoms with Crippen LogP contribution in [0.25, 0.3) is 0 Å². The topological polar surface area (TPSA) is 105 Å². The molecular weight excluding hydrogens is 236 g/mol. The van der Waals surface area contributed by atoms with Crippen molar-refractivity contribution in [3.05, 3.63) is 10.4 Å². The van der Waals surface area contributed by atoms with E-state index in [1.807, 2.05) is 6.07 Å². The summed E-state index contributed by atoms with van der Waals surface area (Å²) in [6.45, 7) is 2.87. The van der Waals surface area contributed by atoms with Crippen LogP contribution in [0, 0.1) is 11.3 Å². The Labute approximate surface area is 104 Å². The summed E-state index contributed by atoms with van der Waals surface area (Å²) in [5.74, 6) is -0.599. The number of thiophene rings is 1. The molecule has 5 nitrogen and oxygen atoms in total. The largest absolute Gasteiger partial charge is 0.396 e. The summed E-state index contributed by atoms with van der Waals surface area (Å²) in [6, 6.07) is 1.96. The summed E-state index contributed by atoms with van der Waals surface area (Å²) in [5.41, 5.74) is 11.4. The summed E-state index contributed by atoms with van der Waals surface area (Å²) in [5, 5.41) is 12.6. The standard InChI is InChI=1S/C11H16N4OS/c1-2-3-4-5-15-11-8(10(14)16)9(13)7(6-12)17-11/h15H,2-5,13H2,1H3,(H2,14,16). The number of nitrogens with two attached hydrogens (primary N) is 2. The first kappa shape index (κ1) is 13.3. The van der Waals surface area contributed by atoms with Crippen molar-refractivity contribution in [1.29, 1.82) is 5.26 Å². The van der Waals surface area contributed by atoms with Crippen molar-refractivity contribution >= 4 is 27.9 Å². The molecule has 0 aliphatic heterocycles. The van der Waals surface area contributed by atoms with Gasteiger partial charge >= 0.3 is 0 Å². The normalized spacial score (nSPS) is 9.88. The number of nitriles is 1. The Morgan fingerprint density at radius 1 is 1.53 bits per heavy atom. The first-order valence-corrected chi connectivity index (χ1v) is 6.29. The fourth-order valence-corrected chi connectivity index (χ4v) is 2.42. The average molecular weight is 252 g/mol. The van der Waals surface area contributed by atoms with Crippen molar-refractivity contribution in [3.63, 3.8) is 0 Å². The Hall–Kier alpha value is -1.74. The number of amides is 1. The lowest BCUT2D eigenvalue weighted by atomic mass is 10.2. The molecule has 5 N–H and O–H groups in total. The van der Waals surface area contributed by atoms with Gasteiger partial charge < -0.3 is 16.8 Å². The lowest BCUT2D eigenvalue weighted by Crippen LogP contribution is -2.15. The monoisotopic (exact) mass is 252 g/mol. The highest BCUT2D eigenvalue weighted by Gasteiger charge is 2.19. The zero-order chi connectivity index (χ0) is 12.8. The van der Waals surface area contributed by atoms with Gasteiger partial charge in [-0.25, -0.2) is 0 Å². The second-order valence-corrected chi connectivity index (χ2v) is 4.68. The minimum absolute atomic E-state index is 0.183. The molecular formula is C11H16N4OS. The van der Waals surface area contributed by atoms with Crippen LogP contribution in [0.15, 0.2) is 0 Å². The number of anilines is 2. The Kier molecular flexibility index (Phi) is 4.79. The van der Waals surface area contributed by atoms with Crippen LogP contribution in [0.2, 0.25) is 0 Å². The van der Waals surface area contributed by atoms with E-state index in [2.05, 4.69) is 12.2 Å². The molecule has 6 heteroatoms. The van der Waals surface area contributed by atoms with Gasteiger partial charge in [-0.2, -0.15) is 5.26 Å². The van der Waals surface area contributed by atoms with E-state index in [1.54, 1.807) is 0 Å². The summed E-state index contributed by atoms with van der Waals surface area (Å²) in [4.78, 5) is 11.6. The van der Waals surface area contributed by atoms with Crippen molar-refractivity contribution in [1.82, 2.24) is 0 Å². The molecule has 0 aliphatic carbocycles. The maximum Gasteiger partial charge on any atom is 0.253 e. The Balaban J connectivity index is 2.84. The van der Waals surface area contributed by atoms with E-state index in [9.17, 15) is 4.79 Å². The molecule has 0 aliphatic rings. The fraction of sp³-hybridized carbons (Fsp3) is 0.455. The SMILES string of the molecule is CCCCCNc1sc(C#N)c(N)c1C(N)=O. The minimum Gasteiger partial charge on any atom is -0.396 e. The van der Waals surface area contributed by atoms with Gasteiger partial charge in [-0.15, -0.1) is 11.3 Å². The number of rotatable bonds is 6. The second kappa shape index (κ2) is 6.11. The maximum atomic E-state index is 11.3. The summed E-state index contributed by atoms with van der Waals surface area (Å²) >= 11 is 1.17. The van der Waals surface area contributed by atoms with Crippen LogP contribution in [-0.2, 0) is 0 Å². The van der Waals surface area contributed by atoms with Crippen molar-refractivity contribution in [2.75, 3.05) is 17.6 Å². The van der Waals surface area contributed by atoms with Gasteiger partial charge in [0.1, 0.15) is 15.9 Å². The Morgan fingerprint density at radius 2 is 2.24 bits per heavy atom. The van der Waals surface area contributed by atoms with Crippen LogP contribution in [-0.4, -0.2) is 12.5 Å². The number of nitrogens with zero attached hydrogens (tertiary/aromatic N) is 1. The Bertz CT molecular complexity index is 447. The number of unbranched alkanes of at least 4 members (excludes halogenated alkanes) is 2. The van der Waals surface area contributed by atoms with Gasteiger partial charge in [-0.05, 0) is 6.42 Å². The highest BCUT2D eigenvalue weighted by atomic mass is 32.1. The van der Waals surface area contributed by atoms with Crippen LogP contribution in [0.1, 0.15) is 41.4 Å². The second-order valence-electron chi connectivity index (χ2n) is 3.66. The van der Waals surface area contributed by atoms with Gasteiger partial charge in [0.05, 0.1) is 11.3 Å². The highest BCUT2D eigenvalue weighted by molar-refractivity contribution is 7.17. The van der Waals surface area contributed by atoms with Gasteiger partial charge in [-0.3, -0.25) is 4.79 Å². The number of primary amides is 1. The maximum absolute atomic E-state index is 11.3. The van der Waals surface area contributed by atoms with Crippen LogP contribution < -0.4 is 16.8 Å². The van der Waals surface area contributed by atoms with Gasteiger partial charge in [0.25, 0.3) is 5.91 Å². The van der Waals surface area contributed by atoms with Gasteiger partial charge in [0.15, 0.2) is 0 Å². The molecule has 1 aromatic rings. The Morgan fingerprint density at radius 3 is 2.76 bits per heavy atom. The molecule has 1 amide bonds. The van der Waals surface area contributed by atoms with Crippen LogP contribution in [0.5, 0.6) is 0 Å². The molecule has 92 valence electrons. The average Bonchev–Trinajstić information content (AvgIpc) is 2.61. The molecule has 0 aromatic carbocycles. The zero-order valence-corrected chi connectivity index (χ0v) is 10.6. The third-order valence-electron chi connectivity index (χ3n) is 2.36. The third-order valence-corrected chi connectivity index (χ3v) is 3.43. The first-order chi connectivity index (χ1) is 8.11. The number of carbonyl (C=O) groups excluding carboxylic acids is 1. The molecule has 0 atom stereocenters. The number of hydrogen-bond acceptors (Lipinski definition) is 5. The van der Waals surface area contributed by atoms with Crippen molar-refractivity contribution in [2.45, 2.75) is 26.2 Å². The van der Waals surface area contributed by atoms with E-state index in [0.29, 0.717) is 9.88 Å². The van der Waals surface area contributed by atoms with Crippen molar-refractivity contribution in [3.8, 4) is 6.07 Å². The molecule has 1 heterocycles. The summed E-state index contributed by atoms with van der Waals surface area (Å²) < 4.78 is 0. The number of hydrogen-bond donors (Lipinski definition) is 3. The first-order valence-electron chi connectivity index (χ1n) is 5.47. The smallest absolute Gasteiger partial charge is 0.253 e. The molecule has 1 rings (SSSR count). The quantitative estimate of drug-likeness (QED) is 0.672. The van der Waals surface area contributed by atoms with Gasteiger partial charge in [-0.1, -0.05) is 19.8 Å². The van der Waals surface area contributed by atoms with Gasteiger partial charge in [0, 0.05) is 6.54 Å². The molecule has 0 fully saturated rings. The fourth-order valence-electron chi connectivity index (χ4n) is 1.47. The van der Waals surface area contributed by atoms with Crippen molar-refractivity contribution in [2.24, 2.45) is 5.73 Å². The van der Waals surface area contributed by atoms with Crippen molar-refractivity contribution < 1.29 is 4.79 Å². The lowest BCUT2D eigenvalue weighted by Gasteiger charge is -2.04. The van der Waals surface area contributed by atoms with E-state index in [4.69, 9.17) is 16.7 Å². The molecule has 0 spiro atoms. The molecule has 0 radical (unpaired) electrons. The van der Waals surface area contributed by atoms with Crippen LogP contribution in [0.3, 0.4) is 0 Å². The third kappa shape index (κ3) is 3.11.